The number of carbonyl (C=O) groups is 3. The summed E-state index contributed by atoms with van der Waals surface area (Å²) in [7, 11) is 0. The molecule has 8 nitrogen and oxygen atoms in total. The maximum atomic E-state index is 12.8. The SMILES string of the molecule is O=C(O)CNC(=O)c1cccc2c1CN(Cc1ccccc1)CC(=O)NCCCCCO2. The number of rotatable bonds is 5. The quantitative estimate of drug-likeness (QED) is 0.659. The van der Waals surface area contributed by atoms with Gasteiger partial charge >= 0.3 is 5.97 Å². The lowest BCUT2D eigenvalue weighted by Crippen LogP contribution is -2.37. The van der Waals surface area contributed by atoms with Gasteiger partial charge in [-0.2, -0.15) is 0 Å². The number of carbonyl (C=O) groups excluding carboxylic acids is 2. The van der Waals surface area contributed by atoms with E-state index in [9.17, 15) is 14.4 Å². The highest BCUT2D eigenvalue weighted by atomic mass is 16.5. The van der Waals surface area contributed by atoms with E-state index in [1.54, 1.807) is 12.1 Å². The van der Waals surface area contributed by atoms with Crippen molar-refractivity contribution < 1.29 is 24.2 Å². The molecule has 0 saturated heterocycles. The zero-order valence-electron chi connectivity index (χ0n) is 18.0. The van der Waals surface area contributed by atoms with Gasteiger partial charge in [0.2, 0.25) is 5.91 Å². The number of hydrogen-bond donors (Lipinski definition) is 3. The summed E-state index contributed by atoms with van der Waals surface area (Å²) in [5, 5.41) is 14.3. The minimum atomic E-state index is -1.12. The Balaban J connectivity index is 1.93. The zero-order chi connectivity index (χ0) is 22.8. The van der Waals surface area contributed by atoms with Gasteiger partial charge in [0, 0.05) is 30.8 Å². The second-order valence-corrected chi connectivity index (χ2v) is 7.75. The summed E-state index contributed by atoms with van der Waals surface area (Å²) in [6.07, 6.45) is 2.62. The van der Waals surface area contributed by atoms with Gasteiger partial charge in [0.25, 0.3) is 5.91 Å². The van der Waals surface area contributed by atoms with Crippen LogP contribution < -0.4 is 15.4 Å². The number of ether oxygens (including phenoxy) is 1. The highest BCUT2D eigenvalue weighted by Gasteiger charge is 2.21. The first kappa shape index (κ1) is 23.3. The molecule has 1 aliphatic heterocycles. The van der Waals surface area contributed by atoms with E-state index in [0.717, 1.165) is 24.8 Å². The number of nitrogens with one attached hydrogen (secondary N) is 2. The fraction of sp³-hybridized carbons (Fsp3) is 0.375. The number of hydrogen-bond acceptors (Lipinski definition) is 5. The molecular weight excluding hydrogens is 410 g/mol. The van der Waals surface area contributed by atoms with Gasteiger partial charge in [-0.05, 0) is 37.0 Å². The Hall–Kier alpha value is -3.39. The third kappa shape index (κ3) is 7.09. The van der Waals surface area contributed by atoms with Crippen LogP contribution in [-0.4, -0.2) is 54.0 Å². The summed E-state index contributed by atoms with van der Waals surface area (Å²) in [5.41, 5.74) is 2.02. The summed E-state index contributed by atoms with van der Waals surface area (Å²) in [5.74, 6) is -1.10. The molecule has 32 heavy (non-hydrogen) atoms. The predicted molar refractivity (Wildman–Crippen MR) is 119 cm³/mol. The molecule has 8 heteroatoms. The van der Waals surface area contributed by atoms with Crippen LogP contribution in [0.5, 0.6) is 5.75 Å². The van der Waals surface area contributed by atoms with Crippen molar-refractivity contribution in [2.45, 2.75) is 32.4 Å². The summed E-state index contributed by atoms with van der Waals surface area (Å²) in [6, 6.07) is 15.0. The molecule has 1 heterocycles. The van der Waals surface area contributed by atoms with Crippen LogP contribution in [0.25, 0.3) is 0 Å². The third-order valence-electron chi connectivity index (χ3n) is 5.18. The minimum Gasteiger partial charge on any atom is -0.493 e. The molecule has 0 atom stereocenters. The fourth-order valence-corrected chi connectivity index (χ4v) is 3.63. The van der Waals surface area contributed by atoms with E-state index in [-0.39, 0.29) is 12.5 Å². The van der Waals surface area contributed by atoms with E-state index < -0.39 is 18.4 Å². The van der Waals surface area contributed by atoms with Gasteiger partial charge in [-0.3, -0.25) is 19.3 Å². The van der Waals surface area contributed by atoms with Gasteiger partial charge in [-0.25, -0.2) is 0 Å². The lowest BCUT2D eigenvalue weighted by Gasteiger charge is -2.24. The van der Waals surface area contributed by atoms with Crippen molar-refractivity contribution in [1.82, 2.24) is 15.5 Å². The molecule has 2 aromatic rings. The number of fused-ring (bicyclic) bond motifs is 1. The molecule has 2 amide bonds. The minimum absolute atomic E-state index is 0.0737. The number of benzene rings is 2. The number of amides is 2. The Morgan fingerprint density at radius 3 is 2.62 bits per heavy atom. The van der Waals surface area contributed by atoms with E-state index in [4.69, 9.17) is 9.84 Å². The van der Waals surface area contributed by atoms with E-state index in [1.807, 2.05) is 41.3 Å². The molecule has 0 unspecified atom stereocenters. The van der Waals surface area contributed by atoms with Crippen molar-refractivity contribution in [3.63, 3.8) is 0 Å². The van der Waals surface area contributed by atoms with Crippen molar-refractivity contribution in [1.29, 1.82) is 0 Å². The van der Waals surface area contributed by atoms with Crippen LogP contribution in [0.3, 0.4) is 0 Å². The predicted octanol–water partition coefficient (Wildman–Crippen LogP) is 2.18. The summed E-state index contributed by atoms with van der Waals surface area (Å²) < 4.78 is 6.01. The molecule has 2 aromatic carbocycles. The molecule has 0 saturated carbocycles. The topological polar surface area (TPSA) is 108 Å². The lowest BCUT2D eigenvalue weighted by molar-refractivity contribution is -0.135. The fourth-order valence-electron chi connectivity index (χ4n) is 3.63. The number of aliphatic carboxylic acids is 1. The molecule has 0 aromatic heterocycles. The lowest BCUT2D eigenvalue weighted by atomic mass is 10.0. The molecule has 0 bridgehead atoms. The molecule has 0 spiro atoms. The number of nitrogens with zero attached hydrogens (tertiary/aromatic N) is 1. The van der Waals surface area contributed by atoms with Crippen LogP contribution in [0.4, 0.5) is 0 Å². The monoisotopic (exact) mass is 439 g/mol. The van der Waals surface area contributed by atoms with E-state index in [1.165, 1.54) is 0 Å². The summed E-state index contributed by atoms with van der Waals surface area (Å²) in [6.45, 7) is 1.62. The number of carboxylic acids is 1. The second kappa shape index (κ2) is 11.9. The van der Waals surface area contributed by atoms with Crippen LogP contribution in [0.1, 0.15) is 40.7 Å². The van der Waals surface area contributed by atoms with Gasteiger partial charge in [0.05, 0.1) is 13.2 Å². The molecule has 3 rings (SSSR count). The molecular formula is C24H29N3O5. The molecule has 0 aliphatic carbocycles. The van der Waals surface area contributed by atoms with Crippen molar-refractivity contribution in [3.8, 4) is 5.75 Å². The van der Waals surface area contributed by atoms with Crippen molar-refractivity contribution in [2.75, 3.05) is 26.2 Å². The maximum Gasteiger partial charge on any atom is 0.322 e. The van der Waals surface area contributed by atoms with Crippen LogP contribution in [0.15, 0.2) is 48.5 Å². The van der Waals surface area contributed by atoms with Crippen LogP contribution in [0, 0.1) is 0 Å². The van der Waals surface area contributed by atoms with Crippen molar-refractivity contribution in [3.05, 3.63) is 65.2 Å². The van der Waals surface area contributed by atoms with Crippen LogP contribution in [-0.2, 0) is 22.7 Å². The first-order chi connectivity index (χ1) is 15.5. The van der Waals surface area contributed by atoms with Crippen LogP contribution >= 0.6 is 0 Å². The summed E-state index contributed by atoms with van der Waals surface area (Å²) >= 11 is 0. The molecule has 0 fully saturated rings. The van der Waals surface area contributed by atoms with E-state index >= 15 is 0 Å². The highest BCUT2D eigenvalue weighted by Crippen LogP contribution is 2.26. The largest absolute Gasteiger partial charge is 0.493 e. The normalized spacial score (nSPS) is 15.7. The second-order valence-electron chi connectivity index (χ2n) is 7.75. The Kier molecular flexibility index (Phi) is 8.62. The van der Waals surface area contributed by atoms with Gasteiger partial charge in [0.1, 0.15) is 12.3 Å². The molecule has 170 valence electrons. The van der Waals surface area contributed by atoms with Gasteiger partial charge < -0.3 is 20.5 Å². The first-order valence-electron chi connectivity index (χ1n) is 10.8. The van der Waals surface area contributed by atoms with E-state index in [2.05, 4.69) is 10.6 Å². The van der Waals surface area contributed by atoms with E-state index in [0.29, 0.717) is 43.1 Å². The molecule has 1 aliphatic rings. The Morgan fingerprint density at radius 2 is 1.84 bits per heavy atom. The molecule has 3 N–H and O–H groups in total. The van der Waals surface area contributed by atoms with Crippen LogP contribution in [0.2, 0.25) is 0 Å². The Morgan fingerprint density at radius 1 is 1.03 bits per heavy atom. The Bertz CT molecular complexity index is 932. The Labute approximate surface area is 187 Å². The van der Waals surface area contributed by atoms with Crippen molar-refractivity contribution in [2.24, 2.45) is 0 Å². The average Bonchev–Trinajstić information content (AvgIpc) is 2.79. The smallest absolute Gasteiger partial charge is 0.322 e. The standard InChI is InChI=1S/C24H29N3O5/c28-22-17-27(15-18-8-3-1-4-9-18)16-20-19(24(31)26-14-23(29)30)10-7-11-21(20)32-13-6-2-5-12-25-22/h1,3-4,7-11H,2,5-6,12-17H2,(H,25,28)(H,26,31)(H,29,30). The number of carboxylic acid groups (broad SMARTS) is 1. The third-order valence-corrected chi connectivity index (χ3v) is 5.18. The van der Waals surface area contributed by atoms with Crippen molar-refractivity contribution >= 4 is 17.8 Å². The summed E-state index contributed by atoms with van der Waals surface area (Å²) in [4.78, 5) is 38.2. The maximum absolute atomic E-state index is 12.8. The molecule has 0 radical (unpaired) electrons. The zero-order valence-corrected chi connectivity index (χ0v) is 18.0. The highest BCUT2D eigenvalue weighted by molar-refractivity contribution is 5.97. The average molecular weight is 440 g/mol. The van der Waals surface area contributed by atoms with Gasteiger partial charge in [-0.1, -0.05) is 36.4 Å². The van der Waals surface area contributed by atoms with Gasteiger partial charge in [-0.15, -0.1) is 0 Å². The van der Waals surface area contributed by atoms with Gasteiger partial charge in [0.15, 0.2) is 0 Å². The first-order valence-corrected chi connectivity index (χ1v) is 10.8.